The molecule has 6 nitrogen and oxygen atoms in total. The van der Waals surface area contributed by atoms with Crippen LogP contribution in [0.3, 0.4) is 0 Å². The first kappa shape index (κ1) is 17.8. The minimum atomic E-state index is -5.44. The molecule has 138 valence electrons. The summed E-state index contributed by atoms with van der Waals surface area (Å²) in [6.07, 6.45) is 1.40. The highest BCUT2D eigenvalue weighted by Gasteiger charge is 2.48. The zero-order chi connectivity index (χ0) is 18.2. The number of alkyl halides is 3. The number of halogens is 3. The molecule has 3 rings (SSSR count). The van der Waals surface area contributed by atoms with Gasteiger partial charge in [-0.2, -0.15) is 13.2 Å². The predicted octanol–water partition coefficient (Wildman–Crippen LogP) is 1.97. The molecule has 2 saturated heterocycles. The first-order valence-corrected chi connectivity index (χ1v) is 9.40. The van der Waals surface area contributed by atoms with Crippen LogP contribution in [0.2, 0.25) is 0 Å². The van der Waals surface area contributed by atoms with E-state index >= 15 is 0 Å². The molecule has 10 heteroatoms. The normalized spacial score (nSPS) is 22.2. The SMILES string of the molecule is O=C1NCCN1C1CCCN(c2ccccc2S(=O)(=O)C(F)(F)F)C1. The molecular weight excluding hydrogens is 359 g/mol. The van der Waals surface area contributed by atoms with Crippen LogP contribution in [0.1, 0.15) is 12.8 Å². The van der Waals surface area contributed by atoms with Gasteiger partial charge in [-0.05, 0) is 25.0 Å². The summed E-state index contributed by atoms with van der Waals surface area (Å²) < 4.78 is 62.7. The Kier molecular flexibility index (Phi) is 4.56. The quantitative estimate of drug-likeness (QED) is 0.875. The Morgan fingerprint density at radius 2 is 1.88 bits per heavy atom. The van der Waals surface area contributed by atoms with E-state index in [-0.39, 0.29) is 17.8 Å². The van der Waals surface area contributed by atoms with Crippen molar-refractivity contribution in [2.24, 2.45) is 0 Å². The predicted molar refractivity (Wildman–Crippen MR) is 85.0 cm³/mol. The lowest BCUT2D eigenvalue weighted by molar-refractivity contribution is -0.0435. The van der Waals surface area contributed by atoms with E-state index in [1.54, 1.807) is 9.80 Å². The number of carbonyl (C=O) groups excluding carboxylic acids is 1. The van der Waals surface area contributed by atoms with Crippen molar-refractivity contribution in [2.75, 3.05) is 31.1 Å². The van der Waals surface area contributed by atoms with Crippen LogP contribution in [0.15, 0.2) is 29.2 Å². The van der Waals surface area contributed by atoms with Crippen LogP contribution < -0.4 is 10.2 Å². The number of urea groups is 1. The van der Waals surface area contributed by atoms with Gasteiger partial charge in [0.25, 0.3) is 9.84 Å². The third-order valence-electron chi connectivity index (χ3n) is 4.53. The van der Waals surface area contributed by atoms with Gasteiger partial charge in [0.2, 0.25) is 0 Å². The number of nitrogens with one attached hydrogen (secondary N) is 1. The van der Waals surface area contributed by atoms with Gasteiger partial charge in [0, 0.05) is 26.2 Å². The highest BCUT2D eigenvalue weighted by molar-refractivity contribution is 7.92. The molecule has 0 radical (unpaired) electrons. The number of benzene rings is 1. The molecule has 2 amide bonds. The second-order valence-electron chi connectivity index (χ2n) is 6.08. The van der Waals surface area contributed by atoms with Crippen LogP contribution in [0.25, 0.3) is 0 Å². The Hall–Kier alpha value is -1.97. The van der Waals surface area contributed by atoms with Gasteiger partial charge in [-0.3, -0.25) is 0 Å². The summed E-state index contributed by atoms with van der Waals surface area (Å²) in [5.74, 6) is 0. The van der Waals surface area contributed by atoms with Gasteiger partial charge < -0.3 is 15.1 Å². The Bertz CT molecular complexity index is 767. The molecule has 25 heavy (non-hydrogen) atoms. The third kappa shape index (κ3) is 3.26. The molecule has 1 atom stereocenters. The average molecular weight is 377 g/mol. The topological polar surface area (TPSA) is 69.7 Å². The molecule has 1 aromatic rings. The van der Waals surface area contributed by atoms with Crippen molar-refractivity contribution in [1.82, 2.24) is 10.2 Å². The molecule has 0 aliphatic carbocycles. The van der Waals surface area contributed by atoms with Crippen LogP contribution in [0.5, 0.6) is 0 Å². The van der Waals surface area contributed by atoms with Crippen molar-refractivity contribution < 1.29 is 26.4 Å². The number of piperidine rings is 1. The lowest BCUT2D eigenvalue weighted by Crippen LogP contribution is -2.49. The maximum atomic E-state index is 13.0. The average Bonchev–Trinajstić information content (AvgIpc) is 3.00. The summed E-state index contributed by atoms with van der Waals surface area (Å²) in [5.41, 5.74) is -5.32. The number of para-hydroxylation sites is 1. The standard InChI is InChI=1S/C15H18F3N3O3S/c16-15(17,18)25(23,24)13-6-2-1-5-12(13)20-8-3-4-11(10-20)21-9-7-19-14(21)22/h1-2,5-6,11H,3-4,7-10H2,(H,19,22). The number of anilines is 1. The summed E-state index contributed by atoms with van der Waals surface area (Å²) >= 11 is 0. The third-order valence-corrected chi connectivity index (χ3v) is 6.06. The van der Waals surface area contributed by atoms with E-state index in [0.717, 1.165) is 12.5 Å². The van der Waals surface area contributed by atoms with Crippen molar-refractivity contribution >= 4 is 21.6 Å². The van der Waals surface area contributed by atoms with E-state index in [2.05, 4.69) is 5.32 Å². The highest BCUT2D eigenvalue weighted by Crippen LogP contribution is 2.36. The Balaban J connectivity index is 1.91. The molecule has 2 aliphatic heterocycles. The molecule has 0 aromatic heterocycles. The van der Waals surface area contributed by atoms with E-state index in [1.807, 2.05) is 0 Å². The molecule has 0 spiro atoms. The zero-order valence-electron chi connectivity index (χ0n) is 13.3. The van der Waals surface area contributed by atoms with Crippen molar-refractivity contribution in [2.45, 2.75) is 29.3 Å². The fourth-order valence-electron chi connectivity index (χ4n) is 3.33. The Morgan fingerprint density at radius 3 is 2.52 bits per heavy atom. The molecular formula is C15H18F3N3O3S. The van der Waals surface area contributed by atoms with Crippen molar-refractivity contribution in [3.63, 3.8) is 0 Å². The fourth-order valence-corrected chi connectivity index (χ4v) is 4.31. The Labute approximate surface area is 143 Å². The van der Waals surface area contributed by atoms with Gasteiger partial charge in [0.1, 0.15) is 0 Å². The van der Waals surface area contributed by atoms with Crippen LogP contribution in [-0.2, 0) is 9.84 Å². The van der Waals surface area contributed by atoms with E-state index in [0.29, 0.717) is 32.6 Å². The van der Waals surface area contributed by atoms with Gasteiger partial charge in [-0.15, -0.1) is 0 Å². The van der Waals surface area contributed by atoms with E-state index in [9.17, 15) is 26.4 Å². The number of hydrogen-bond acceptors (Lipinski definition) is 4. The number of sulfone groups is 1. The summed E-state index contributed by atoms with van der Waals surface area (Å²) in [5, 5.41) is 2.70. The van der Waals surface area contributed by atoms with E-state index < -0.39 is 20.2 Å². The van der Waals surface area contributed by atoms with Gasteiger partial charge in [-0.25, -0.2) is 13.2 Å². The summed E-state index contributed by atoms with van der Waals surface area (Å²) in [6, 6.07) is 4.80. The summed E-state index contributed by atoms with van der Waals surface area (Å²) in [7, 11) is -5.44. The number of rotatable bonds is 3. The Morgan fingerprint density at radius 1 is 1.16 bits per heavy atom. The lowest BCUT2D eigenvalue weighted by atomic mass is 10.0. The first-order valence-electron chi connectivity index (χ1n) is 7.91. The van der Waals surface area contributed by atoms with Crippen LogP contribution in [-0.4, -0.2) is 57.1 Å². The fraction of sp³-hybridized carbons (Fsp3) is 0.533. The van der Waals surface area contributed by atoms with Gasteiger partial charge in [0.05, 0.1) is 16.6 Å². The largest absolute Gasteiger partial charge is 0.501 e. The van der Waals surface area contributed by atoms with Crippen molar-refractivity contribution in [3.8, 4) is 0 Å². The van der Waals surface area contributed by atoms with Crippen molar-refractivity contribution in [3.05, 3.63) is 24.3 Å². The van der Waals surface area contributed by atoms with E-state index in [1.165, 1.54) is 18.2 Å². The second kappa shape index (κ2) is 6.40. The van der Waals surface area contributed by atoms with Crippen LogP contribution >= 0.6 is 0 Å². The molecule has 1 unspecified atom stereocenters. The lowest BCUT2D eigenvalue weighted by Gasteiger charge is -2.38. The smallest absolute Gasteiger partial charge is 0.368 e. The second-order valence-corrected chi connectivity index (χ2v) is 7.99. The van der Waals surface area contributed by atoms with Gasteiger partial charge in [-0.1, -0.05) is 12.1 Å². The molecule has 1 aromatic carbocycles. The highest BCUT2D eigenvalue weighted by atomic mass is 32.2. The maximum absolute atomic E-state index is 13.0. The van der Waals surface area contributed by atoms with Crippen LogP contribution in [0, 0.1) is 0 Å². The zero-order valence-corrected chi connectivity index (χ0v) is 14.1. The van der Waals surface area contributed by atoms with Gasteiger partial charge in [0.15, 0.2) is 0 Å². The molecule has 2 fully saturated rings. The number of carbonyl (C=O) groups is 1. The number of hydrogen-bond donors (Lipinski definition) is 1. The molecule has 2 aliphatic rings. The number of nitrogens with zero attached hydrogens (tertiary/aromatic N) is 2. The minimum absolute atomic E-state index is 0.0316. The minimum Gasteiger partial charge on any atom is -0.368 e. The molecule has 0 saturated carbocycles. The summed E-state index contributed by atoms with van der Waals surface area (Å²) in [6.45, 7) is 1.82. The number of amides is 2. The van der Waals surface area contributed by atoms with Crippen LogP contribution in [0.4, 0.5) is 23.7 Å². The van der Waals surface area contributed by atoms with Gasteiger partial charge >= 0.3 is 11.5 Å². The molecule has 1 N–H and O–H groups in total. The molecule has 2 heterocycles. The summed E-state index contributed by atoms with van der Waals surface area (Å²) in [4.78, 5) is 14.4. The monoisotopic (exact) mass is 377 g/mol. The molecule has 0 bridgehead atoms. The van der Waals surface area contributed by atoms with E-state index in [4.69, 9.17) is 0 Å². The maximum Gasteiger partial charge on any atom is 0.501 e. The first-order chi connectivity index (χ1) is 11.7. The van der Waals surface area contributed by atoms with Crippen molar-refractivity contribution in [1.29, 1.82) is 0 Å².